The van der Waals surface area contributed by atoms with Crippen LogP contribution < -0.4 is 5.32 Å². The third-order valence-corrected chi connectivity index (χ3v) is 3.88. The Labute approximate surface area is 155 Å². The predicted molar refractivity (Wildman–Crippen MR) is 96.1 cm³/mol. The number of carbonyl (C=O) groups is 2. The second-order valence-electron chi connectivity index (χ2n) is 5.36. The zero-order valence-electron chi connectivity index (χ0n) is 14.0. The summed E-state index contributed by atoms with van der Waals surface area (Å²) in [5.74, 6) is -1.39. The lowest BCUT2D eigenvalue weighted by atomic mass is 10.0. The fourth-order valence-corrected chi connectivity index (χ4v) is 2.65. The Morgan fingerprint density at radius 3 is 2.50 bits per heavy atom. The molecule has 0 saturated heterocycles. The van der Waals surface area contributed by atoms with Gasteiger partial charge in [-0.1, -0.05) is 48.0 Å². The first-order valence-electron chi connectivity index (χ1n) is 7.88. The van der Waals surface area contributed by atoms with Crippen LogP contribution >= 0.6 is 11.6 Å². The van der Waals surface area contributed by atoms with Crippen molar-refractivity contribution in [3.05, 3.63) is 74.8 Å². The number of amides is 1. The molecule has 2 aromatic rings. The number of nitrogens with one attached hydrogen (secondary N) is 1. The van der Waals surface area contributed by atoms with Crippen LogP contribution in [0, 0.1) is 10.1 Å². The van der Waals surface area contributed by atoms with Crippen molar-refractivity contribution >= 4 is 29.2 Å². The summed E-state index contributed by atoms with van der Waals surface area (Å²) in [6.07, 6.45) is 0.194. The number of hydrogen-bond donors (Lipinski definition) is 1. The van der Waals surface area contributed by atoms with E-state index in [2.05, 4.69) is 5.32 Å². The number of esters is 1. The maximum atomic E-state index is 12.5. The van der Waals surface area contributed by atoms with E-state index >= 15 is 0 Å². The Hall–Kier alpha value is -2.93. The monoisotopic (exact) mass is 376 g/mol. The van der Waals surface area contributed by atoms with E-state index in [4.69, 9.17) is 16.3 Å². The van der Waals surface area contributed by atoms with Gasteiger partial charge in [-0.3, -0.25) is 14.9 Å². The first-order chi connectivity index (χ1) is 12.4. The number of halogens is 1. The van der Waals surface area contributed by atoms with Gasteiger partial charge < -0.3 is 10.1 Å². The molecule has 0 heterocycles. The van der Waals surface area contributed by atoms with Gasteiger partial charge in [0.2, 0.25) is 0 Å². The van der Waals surface area contributed by atoms with E-state index in [1.54, 1.807) is 31.2 Å². The molecule has 1 atom stereocenters. The van der Waals surface area contributed by atoms with Crippen molar-refractivity contribution in [3.63, 3.8) is 0 Å². The van der Waals surface area contributed by atoms with E-state index in [0.29, 0.717) is 0 Å². The molecule has 0 radical (unpaired) electrons. The largest absolute Gasteiger partial charge is 0.464 e. The van der Waals surface area contributed by atoms with Crippen molar-refractivity contribution in [3.8, 4) is 0 Å². The van der Waals surface area contributed by atoms with Crippen molar-refractivity contribution in [1.29, 1.82) is 0 Å². The van der Waals surface area contributed by atoms with Crippen LogP contribution in [0.15, 0.2) is 48.5 Å². The molecule has 0 bridgehead atoms. The van der Waals surface area contributed by atoms with Crippen molar-refractivity contribution in [1.82, 2.24) is 5.32 Å². The molecular weight excluding hydrogens is 360 g/mol. The molecule has 0 aliphatic carbocycles. The predicted octanol–water partition coefficient (Wildman–Crippen LogP) is 3.15. The molecule has 2 rings (SSSR count). The first kappa shape index (κ1) is 19.4. The molecule has 7 nitrogen and oxygen atoms in total. The minimum Gasteiger partial charge on any atom is -0.464 e. The molecule has 1 amide bonds. The maximum absolute atomic E-state index is 12.5. The van der Waals surface area contributed by atoms with E-state index < -0.39 is 28.5 Å². The van der Waals surface area contributed by atoms with Crippen LogP contribution in [0.2, 0.25) is 5.02 Å². The summed E-state index contributed by atoms with van der Waals surface area (Å²) in [4.78, 5) is 35.2. The number of para-hydroxylation sites is 1. The van der Waals surface area contributed by atoms with Gasteiger partial charge in [0.1, 0.15) is 16.6 Å². The third kappa shape index (κ3) is 4.80. The lowest BCUT2D eigenvalue weighted by Crippen LogP contribution is -2.43. The second-order valence-corrected chi connectivity index (χ2v) is 5.77. The van der Waals surface area contributed by atoms with Crippen molar-refractivity contribution in [2.45, 2.75) is 19.4 Å². The third-order valence-electron chi connectivity index (χ3n) is 3.57. The van der Waals surface area contributed by atoms with E-state index in [1.165, 1.54) is 18.2 Å². The highest BCUT2D eigenvalue weighted by molar-refractivity contribution is 6.33. The fourth-order valence-electron chi connectivity index (χ4n) is 2.41. The number of carbonyl (C=O) groups excluding carboxylic acids is 2. The highest BCUT2D eigenvalue weighted by atomic mass is 35.5. The molecular formula is C18H17ClN2O5. The Balaban J connectivity index is 2.28. The number of ether oxygens (including phenoxy) is 1. The van der Waals surface area contributed by atoms with Crippen LogP contribution in [0.5, 0.6) is 0 Å². The van der Waals surface area contributed by atoms with E-state index in [0.717, 1.165) is 5.56 Å². The molecule has 0 saturated carbocycles. The number of nitro groups is 1. The Kier molecular flexibility index (Phi) is 6.68. The van der Waals surface area contributed by atoms with Crippen LogP contribution in [-0.4, -0.2) is 29.4 Å². The van der Waals surface area contributed by atoms with Crippen LogP contribution in [0.4, 0.5) is 5.69 Å². The topological polar surface area (TPSA) is 98.5 Å². The SMILES string of the molecule is CCOC(=O)C(Cc1ccccc1)NC(=O)c1cccc(Cl)c1[N+](=O)[O-]. The molecule has 0 aliphatic heterocycles. The van der Waals surface area contributed by atoms with Gasteiger partial charge in [-0.05, 0) is 24.6 Å². The highest BCUT2D eigenvalue weighted by Crippen LogP contribution is 2.28. The summed E-state index contributed by atoms with van der Waals surface area (Å²) in [6, 6.07) is 12.1. The lowest BCUT2D eigenvalue weighted by Gasteiger charge is -2.17. The average molecular weight is 377 g/mol. The van der Waals surface area contributed by atoms with Gasteiger partial charge in [-0.25, -0.2) is 4.79 Å². The molecule has 2 aromatic carbocycles. The summed E-state index contributed by atoms with van der Waals surface area (Å²) in [5.41, 5.74) is 0.0882. The number of hydrogen-bond acceptors (Lipinski definition) is 5. The minimum atomic E-state index is -0.983. The van der Waals surface area contributed by atoms with E-state index in [1.807, 2.05) is 6.07 Å². The second kappa shape index (κ2) is 8.96. The standard InChI is InChI=1S/C18H17ClN2O5/c1-2-26-18(23)15(11-12-7-4-3-5-8-12)20-17(22)13-9-6-10-14(19)16(13)21(24)25/h3-10,15H,2,11H2,1H3,(H,20,22). The van der Waals surface area contributed by atoms with Gasteiger partial charge in [-0.15, -0.1) is 0 Å². The normalized spacial score (nSPS) is 11.5. The van der Waals surface area contributed by atoms with Crippen molar-refractivity contribution in [2.24, 2.45) is 0 Å². The molecule has 26 heavy (non-hydrogen) atoms. The zero-order chi connectivity index (χ0) is 19.1. The Morgan fingerprint density at radius 1 is 1.19 bits per heavy atom. The lowest BCUT2D eigenvalue weighted by molar-refractivity contribution is -0.385. The molecule has 1 unspecified atom stereocenters. The number of nitrogens with zero attached hydrogens (tertiary/aromatic N) is 1. The van der Waals surface area contributed by atoms with E-state index in [9.17, 15) is 19.7 Å². The van der Waals surface area contributed by atoms with Crippen LogP contribution in [0.3, 0.4) is 0 Å². The summed E-state index contributed by atoms with van der Waals surface area (Å²) in [7, 11) is 0. The van der Waals surface area contributed by atoms with Gasteiger partial charge in [-0.2, -0.15) is 0 Å². The summed E-state index contributed by atoms with van der Waals surface area (Å²) in [6.45, 7) is 1.80. The fraction of sp³-hybridized carbons (Fsp3) is 0.222. The van der Waals surface area contributed by atoms with Gasteiger partial charge in [0.05, 0.1) is 11.5 Å². The number of nitro benzene ring substituents is 1. The number of benzene rings is 2. The minimum absolute atomic E-state index is 0.150. The van der Waals surface area contributed by atoms with Crippen LogP contribution in [0.25, 0.3) is 0 Å². The summed E-state index contributed by atoms with van der Waals surface area (Å²) in [5, 5.41) is 13.6. The molecule has 1 N–H and O–H groups in total. The maximum Gasteiger partial charge on any atom is 0.328 e. The summed E-state index contributed by atoms with van der Waals surface area (Å²) < 4.78 is 5.00. The first-order valence-corrected chi connectivity index (χ1v) is 8.26. The van der Waals surface area contributed by atoms with Gasteiger partial charge in [0.25, 0.3) is 5.91 Å². The Morgan fingerprint density at radius 2 is 1.88 bits per heavy atom. The van der Waals surface area contributed by atoms with Crippen molar-refractivity contribution < 1.29 is 19.2 Å². The molecule has 0 aromatic heterocycles. The van der Waals surface area contributed by atoms with Gasteiger partial charge >= 0.3 is 11.7 Å². The summed E-state index contributed by atoms with van der Waals surface area (Å²) >= 11 is 5.83. The van der Waals surface area contributed by atoms with E-state index in [-0.39, 0.29) is 23.6 Å². The molecule has 8 heteroatoms. The smallest absolute Gasteiger partial charge is 0.328 e. The number of rotatable bonds is 7. The molecule has 0 fully saturated rings. The molecule has 136 valence electrons. The van der Waals surface area contributed by atoms with Crippen LogP contribution in [-0.2, 0) is 16.0 Å². The Bertz CT molecular complexity index is 810. The van der Waals surface area contributed by atoms with Crippen LogP contribution in [0.1, 0.15) is 22.8 Å². The van der Waals surface area contributed by atoms with Crippen molar-refractivity contribution in [2.75, 3.05) is 6.61 Å². The molecule has 0 spiro atoms. The average Bonchev–Trinajstić information content (AvgIpc) is 2.61. The zero-order valence-corrected chi connectivity index (χ0v) is 14.7. The van der Waals surface area contributed by atoms with Gasteiger partial charge in [0.15, 0.2) is 0 Å². The van der Waals surface area contributed by atoms with Gasteiger partial charge in [0, 0.05) is 6.42 Å². The molecule has 0 aliphatic rings. The quantitative estimate of drug-likeness (QED) is 0.454. The highest BCUT2D eigenvalue weighted by Gasteiger charge is 2.28.